The molecule has 0 amide bonds. The molecule has 3 rings (SSSR count). The van der Waals surface area contributed by atoms with Gasteiger partial charge in [-0.3, -0.25) is 0 Å². The predicted molar refractivity (Wildman–Crippen MR) is 92.1 cm³/mol. The second-order valence-corrected chi connectivity index (χ2v) is 5.87. The van der Waals surface area contributed by atoms with Crippen molar-refractivity contribution in [1.82, 2.24) is 15.0 Å². The summed E-state index contributed by atoms with van der Waals surface area (Å²) in [6.45, 7) is 1.89. The zero-order chi connectivity index (χ0) is 16.9. The van der Waals surface area contributed by atoms with E-state index in [9.17, 15) is 4.79 Å². The number of nitrogen functional groups attached to an aromatic ring is 1. The molecule has 0 saturated heterocycles. The molecule has 8 heteroatoms. The molecule has 24 heavy (non-hydrogen) atoms. The highest BCUT2D eigenvalue weighted by atomic mass is 32.1. The van der Waals surface area contributed by atoms with E-state index < -0.39 is 5.97 Å². The van der Waals surface area contributed by atoms with Gasteiger partial charge in [-0.25, -0.2) is 4.79 Å². The highest BCUT2D eigenvalue weighted by Crippen LogP contribution is 2.18. The molecular weight excluding hydrogens is 326 g/mol. The third-order valence-corrected chi connectivity index (χ3v) is 4.00. The van der Waals surface area contributed by atoms with Crippen LogP contribution < -0.4 is 11.1 Å². The number of benzene rings is 1. The SMILES string of the molecule is Cc1ccccc1Nc1nc(N)nc(COC(=O)c2cccs2)n1. The Morgan fingerprint density at radius 2 is 2.04 bits per heavy atom. The molecule has 0 spiro atoms. The molecular formula is C16H15N5O2S. The first kappa shape index (κ1) is 15.9. The second kappa shape index (κ2) is 7.05. The van der Waals surface area contributed by atoms with Gasteiger partial charge in [-0.15, -0.1) is 11.3 Å². The summed E-state index contributed by atoms with van der Waals surface area (Å²) in [5.74, 6) is 0.225. The minimum atomic E-state index is -0.419. The van der Waals surface area contributed by atoms with E-state index in [-0.39, 0.29) is 18.4 Å². The van der Waals surface area contributed by atoms with Crippen LogP contribution in [0.25, 0.3) is 0 Å². The fraction of sp³-hybridized carbons (Fsp3) is 0.125. The number of hydrogen-bond acceptors (Lipinski definition) is 8. The Hall–Kier alpha value is -3.00. The van der Waals surface area contributed by atoms with Crippen LogP contribution in [-0.4, -0.2) is 20.9 Å². The van der Waals surface area contributed by atoms with Crippen LogP contribution in [0, 0.1) is 6.92 Å². The number of aryl methyl sites for hydroxylation is 1. The van der Waals surface area contributed by atoms with Crippen molar-refractivity contribution < 1.29 is 9.53 Å². The summed E-state index contributed by atoms with van der Waals surface area (Å²) in [7, 11) is 0. The van der Waals surface area contributed by atoms with Crippen molar-refractivity contribution in [2.45, 2.75) is 13.5 Å². The summed E-state index contributed by atoms with van der Waals surface area (Å²) in [5, 5.41) is 4.90. The van der Waals surface area contributed by atoms with Crippen LogP contribution in [0.15, 0.2) is 41.8 Å². The van der Waals surface area contributed by atoms with Crippen LogP contribution in [0.4, 0.5) is 17.6 Å². The first-order chi connectivity index (χ1) is 11.6. The van der Waals surface area contributed by atoms with Crippen molar-refractivity contribution >= 4 is 34.9 Å². The number of esters is 1. The van der Waals surface area contributed by atoms with E-state index >= 15 is 0 Å². The largest absolute Gasteiger partial charge is 0.453 e. The molecule has 2 heterocycles. The lowest BCUT2D eigenvalue weighted by molar-refractivity contribution is 0.0468. The maximum atomic E-state index is 11.9. The Kier molecular flexibility index (Phi) is 4.66. The van der Waals surface area contributed by atoms with Gasteiger partial charge in [-0.05, 0) is 30.0 Å². The van der Waals surface area contributed by atoms with E-state index in [0.717, 1.165) is 11.3 Å². The number of nitrogens with zero attached hydrogens (tertiary/aromatic N) is 3. The zero-order valence-corrected chi connectivity index (χ0v) is 13.7. The molecule has 0 unspecified atom stereocenters. The minimum absolute atomic E-state index is 0.0586. The Bertz CT molecular complexity index is 851. The van der Waals surface area contributed by atoms with Gasteiger partial charge in [0.05, 0.1) is 0 Å². The van der Waals surface area contributed by atoms with E-state index in [1.807, 2.05) is 36.6 Å². The van der Waals surface area contributed by atoms with Gasteiger partial charge in [-0.1, -0.05) is 24.3 Å². The molecule has 7 nitrogen and oxygen atoms in total. The Labute approximate surface area is 142 Å². The fourth-order valence-corrected chi connectivity index (χ4v) is 2.60. The molecule has 0 bridgehead atoms. The smallest absolute Gasteiger partial charge is 0.348 e. The molecule has 0 atom stereocenters. The third kappa shape index (κ3) is 3.85. The number of aromatic nitrogens is 3. The lowest BCUT2D eigenvalue weighted by Crippen LogP contribution is -2.10. The van der Waals surface area contributed by atoms with E-state index in [1.54, 1.807) is 12.1 Å². The number of anilines is 3. The molecule has 122 valence electrons. The molecule has 1 aromatic carbocycles. The number of ether oxygens (including phenoxy) is 1. The van der Waals surface area contributed by atoms with Gasteiger partial charge in [0.1, 0.15) is 4.88 Å². The average molecular weight is 341 g/mol. The van der Waals surface area contributed by atoms with Crippen molar-refractivity contribution in [2.75, 3.05) is 11.1 Å². The molecule has 0 aliphatic rings. The highest BCUT2D eigenvalue weighted by Gasteiger charge is 2.11. The van der Waals surface area contributed by atoms with E-state index in [1.165, 1.54) is 11.3 Å². The second-order valence-electron chi connectivity index (χ2n) is 4.93. The van der Waals surface area contributed by atoms with E-state index in [2.05, 4.69) is 20.3 Å². The average Bonchev–Trinajstić information content (AvgIpc) is 3.09. The number of carbonyl (C=O) groups excluding carboxylic acids is 1. The van der Waals surface area contributed by atoms with Crippen molar-refractivity contribution in [3.05, 3.63) is 58.0 Å². The van der Waals surface area contributed by atoms with Gasteiger partial charge in [0.2, 0.25) is 11.9 Å². The van der Waals surface area contributed by atoms with Crippen LogP contribution in [0.2, 0.25) is 0 Å². The van der Waals surface area contributed by atoms with Crippen molar-refractivity contribution in [3.63, 3.8) is 0 Å². The van der Waals surface area contributed by atoms with Gasteiger partial charge in [0, 0.05) is 5.69 Å². The van der Waals surface area contributed by atoms with Crippen LogP contribution in [0.1, 0.15) is 21.1 Å². The number of para-hydroxylation sites is 1. The summed E-state index contributed by atoms with van der Waals surface area (Å²) in [6, 6.07) is 11.2. The Balaban J connectivity index is 1.72. The summed E-state index contributed by atoms with van der Waals surface area (Å²) in [5.41, 5.74) is 7.62. The van der Waals surface area contributed by atoms with Crippen LogP contribution in [-0.2, 0) is 11.3 Å². The number of hydrogen-bond donors (Lipinski definition) is 2. The van der Waals surface area contributed by atoms with Crippen LogP contribution >= 0.6 is 11.3 Å². The molecule has 0 fully saturated rings. The number of carbonyl (C=O) groups is 1. The molecule has 0 aliphatic heterocycles. The number of thiophene rings is 1. The standard InChI is InChI=1S/C16H15N5O2S/c1-10-5-2-3-6-11(10)18-16-20-13(19-15(17)21-16)9-23-14(22)12-7-4-8-24-12/h2-8H,9H2,1H3,(H3,17,18,19,20,21). The van der Waals surface area contributed by atoms with Crippen molar-refractivity contribution in [2.24, 2.45) is 0 Å². The van der Waals surface area contributed by atoms with Gasteiger partial charge in [-0.2, -0.15) is 15.0 Å². The summed E-state index contributed by atoms with van der Waals surface area (Å²) < 4.78 is 5.19. The monoisotopic (exact) mass is 341 g/mol. The van der Waals surface area contributed by atoms with Crippen LogP contribution in [0.5, 0.6) is 0 Å². The molecule has 0 aliphatic carbocycles. The van der Waals surface area contributed by atoms with E-state index in [0.29, 0.717) is 10.8 Å². The number of nitrogens with one attached hydrogen (secondary N) is 1. The maximum Gasteiger partial charge on any atom is 0.348 e. The first-order valence-electron chi connectivity index (χ1n) is 7.15. The van der Waals surface area contributed by atoms with Crippen molar-refractivity contribution in [3.8, 4) is 0 Å². The lowest BCUT2D eigenvalue weighted by atomic mass is 10.2. The zero-order valence-electron chi connectivity index (χ0n) is 12.9. The summed E-state index contributed by atoms with van der Waals surface area (Å²) in [4.78, 5) is 24.7. The molecule has 3 N–H and O–H groups in total. The first-order valence-corrected chi connectivity index (χ1v) is 8.03. The molecule has 3 aromatic rings. The lowest BCUT2D eigenvalue weighted by Gasteiger charge is -2.09. The van der Waals surface area contributed by atoms with Crippen LogP contribution in [0.3, 0.4) is 0 Å². The quantitative estimate of drug-likeness (QED) is 0.688. The molecule has 2 aromatic heterocycles. The Morgan fingerprint density at radius 3 is 2.79 bits per heavy atom. The van der Waals surface area contributed by atoms with E-state index in [4.69, 9.17) is 10.5 Å². The predicted octanol–water partition coefficient (Wildman–Crippen LogP) is 2.92. The summed E-state index contributed by atoms with van der Waals surface area (Å²) >= 11 is 1.31. The van der Waals surface area contributed by atoms with Gasteiger partial charge in [0.25, 0.3) is 0 Å². The Morgan fingerprint density at radius 1 is 1.21 bits per heavy atom. The molecule has 0 saturated carbocycles. The minimum Gasteiger partial charge on any atom is -0.453 e. The molecule has 0 radical (unpaired) electrons. The number of rotatable bonds is 5. The van der Waals surface area contributed by atoms with Gasteiger partial charge >= 0.3 is 5.97 Å². The normalized spacial score (nSPS) is 10.4. The van der Waals surface area contributed by atoms with Crippen molar-refractivity contribution in [1.29, 1.82) is 0 Å². The fourth-order valence-electron chi connectivity index (χ4n) is 1.99. The van der Waals surface area contributed by atoms with Gasteiger partial charge < -0.3 is 15.8 Å². The third-order valence-electron chi connectivity index (χ3n) is 3.15. The highest BCUT2D eigenvalue weighted by molar-refractivity contribution is 7.11. The topological polar surface area (TPSA) is 103 Å². The number of nitrogens with two attached hydrogens (primary N) is 1. The van der Waals surface area contributed by atoms with Gasteiger partial charge in [0.15, 0.2) is 12.4 Å². The maximum absolute atomic E-state index is 11.9. The summed E-state index contributed by atoms with van der Waals surface area (Å²) in [6.07, 6.45) is 0.